The molecular weight excluding hydrogens is 317 g/mol. The molecule has 0 atom stereocenters. The summed E-state index contributed by atoms with van der Waals surface area (Å²) >= 11 is 8.72. The van der Waals surface area contributed by atoms with E-state index in [4.69, 9.17) is 11.6 Å². The molecule has 0 radical (unpaired) electrons. The number of nitrogens with one attached hydrogen (secondary N) is 2. The van der Waals surface area contributed by atoms with Crippen LogP contribution in [-0.2, 0) is 0 Å². The van der Waals surface area contributed by atoms with Gasteiger partial charge in [0.2, 0.25) is 0 Å². The number of nitro benzene ring substituents is 1. The quantitative estimate of drug-likeness (QED) is 0.472. The molecule has 7 nitrogen and oxygen atoms in total. The van der Waals surface area contributed by atoms with Gasteiger partial charge >= 0.3 is 16.8 Å². The number of fused-ring (bicyclic) bond motifs is 1. The van der Waals surface area contributed by atoms with Crippen molar-refractivity contribution in [2.75, 3.05) is 0 Å². The predicted molar refractivity (Wildman–Crippen MR) is 64.6 cm³/mol. The minimum Gasteiger partial charge on any atom is -0.316 e. The number of halogens is 2. The molecular formula is C8H3BrClN3O4. The number of aromatic amines is 2. The first-order valence-corrected chi connectivity index (χ1v) is 5.37. The summed E-state index contributed by atoms with van der Waals surface area (Å²) in [5, 5.41) is 10.9. The third kappa shape index (κ3) is 1.85. The van der Waals surface area contributed by atoms with Crippen molar-refractivity contribution < 1.29 is 4.92 Å². The highest BCUT2D eigenvalue weighted by atomic mass is 79.9. The molecule has 2 N–H and O–H groups in total. The second-order valence-electron chi connectivity index (χ2n) is 3.11. The highest BCUT2D eigenvalue weighted by molar-refractivity contribution is 9.10. The van der Waals surface area contributed by atoms with Gasteiger partial charge in [0.15, 0.2) is 0 Å². The molecule has 0 saturated heterocycles. The molecule has 1 aromatic heterocycles. The molecule has 0 aliphatic carbocycles. The number of aromatic nitrogens is 2. The maximum Gasteiger partial charge on any atom is 0.314 e. The van der Waals surface area contributed by atoms with Crippen molar-refractivity contribution in [1.29, 1.82) is 0 Å². The lowest BCUT2D eigenvalue weighted by Gasteiger charge is -2.02. The Balaban J connectivity index is 3.09. The van der Waals surface area contributed by atoms with Crippen molar-refractivity contribution in [3.8, 4) is 0 Å². The highest BCUT2D eigenvalue weighted by Crippen LogP contribution is 2.36. The molecule has 1 aromatic carbocycles. The van der Waals surface area contributed by atoms with Crippen molar-refractivity contribution in [2.24, 2.45) is 0 Å². The maximum absolute atomic E-state index is 11.1. The Hall–Kier alpha value is -1.67. The molecule has 0 aliphatic heterocycles. The van der Waals surface area contributed by atoms with Crippen LogP contribution in [-0.4, -0.2) is 14.9 Å². The lowest BCUT2D eigenvalue weighted by molar-refractivity contribution is -0.384. The van der Waals surface area contributed by atoms with Crippen LogP contribution in [0.3, 0.4) is 0 Å². The number of H-pyrrole nitrogens is 2. The third-order valence-electron chi connectivity index (χ3n) is 2.07. The molecule has 2 aromatic rings. The Morgan fingerprint density at radius 2 is 1.88 bits per heavy atom. The van der Waals surface area contributed by atoms with Crippen LogP contribution in [0.15, 0.2) is 20.1 Å². The number of nitro groups is 1. The Bertz CT molecular complexity index is 751. The van der Waals surface area contributed by atoms with E-state index in [2.05, 4.69) is 25.9 Å². The highest BCUT2D eigenvalue weighted by Gasteiger charge is 2.21. The summed E-state index contributed by atoms with van der Waals surface area (Å²) in [6.07, 6.45) is 0. The Morgan fingerprint density at radius 1 is 1.29 bits per heavy atom. The second-order valence-corrected chi connectivity index (χ2v) is 4.31. The molecule has 1 heterocycles. The first-order chi connectivity index (χ1) is 7.91. The molecule has 0 fully saturated rings. The molecule has 0 amide bonds. The molecule has 88 valence electrons. The first-order valence-electron chi connectivity index (χ1n) is 4.20. The monoisotopic (exact) mass is 319 g/mol. The van der Waals surface area contributed by atoms with Crippen LogP contribution >= 0.6 is 27.5 Å². The van der Waals surface area contributed by atoms with Gasteiger partial charge in [-0.25, -0.2) is 0 Å². The average Bonchev–Trinajstić information content (AvgIpc) is 2.23. The van der Waals surface area contributed by atoms with Gasteiger partial charge in [0.1, 0.15) is 9.99 Å². The Morgan fingerprint density at radius 3 is 2.47 bits per heavy atom. The van der Waals surface area contributed by atoms with Gasteiger partial charge in [-0.2, -0.15) is 0 Å². The lowest BCUT2D eigenvalue weighted by atomic mass is 10.2. The minimum absolute atomic E-state index is 0.0411. The van der Waals surface area contributed by atoms with Crippen LogP contribution in [0.5, 0.6) is 0 Å². The van der Waals surface area contributed by atoms with Crippen molar-refractivity contribution in [1.82, 2.24) is 9.97 Å². The van der Waals surface area contributed by atoms with E-state index < -0.39 is 21.7 Å². The zero-order chi connectivity index (χ0) is 12.7. The molecule has 17 heavy (non-hydrogen) atoms. The zero-order valence-electron chi connectivity index (χ0n) is 7.91. The molecule has 0 spiro atoms. The summed E-state index contributed by atoms with van der Waals surface area (Å²) in [6.45, 7) is 0. The lowest BCUT2D eigenvalue weighted by Crippen LogP contribution is -2.29. The van der Waals surface area contributed by atoms with Crippen molar-refractivity contribution >= 4 is 44.3 Å². The summed E-state index contributed by atoms with van der Waals surface area (Å²) in [5.74, 6) is 0. The fourth-order valence-electron chi connectivity index (χ4n) is 1.36. The van der Waals surface area contributed by atoms with Crippen LogP contribution in [0.1, 0.15) is 0 Å². The largest absolute Gasteiger partial charge is 0.316 e. The fourth-order valence-corrected chi connectivity index (χ4v) is 2.01. The van der Waals surface area contributed by atoms with Gasteiger partial charge in [-0.3, -0.25) is 19.7 Å². The van der Waals surface area contributed by atoms with E-state index in [9.17, 15) is 19.7 Å². The zero-order valence-corrected chi connectivity index (χ0v) is 10.3. The van der Waals surface area contributed by atoms with E-state index in [1.54, 1.807) is 0 Å². The number of hydrogen-bond acceptors (Lipinski definition) is 4. The van der Waals surface area contributed by atoms with Crippen molar-refractivity contribution in [3.05, 3.63) is 46.4 Å². The molecule has 0 saturated carbocycles. The summed E-state index contributed by atoms with van der Waals surface area (Å²) in [4.78, 5) is 36.8. The first kappa shape index (κ1) is 11.8. The van der Waals surface area contributed by atoms with E-state index in [0.717, 1.165) is 0 Å². The van der Waals surface area contributed by atoms with E-state index in [1.807, 2.05) is 0 Å². The topological polar surface area (TPSA) is 109 Å². The van der Waals surface area contributed by atoms with Gasteiger partial charge in [0.05, 0.1) is 15.5 Å². The van der Waals surface area contributed by atoms with E-state index in [-0.39, 0.29) is 20.5 Å². The predicted octanol–water partition coefficient (Wildman–Crippen LogP) is 1.54. The molecule has 0 bridgehead atoms. The molecule has 0 aliphatic rings. The summed E-state index contributed by atoms with van der Waals surface area (Å²) in [6, 6.07) is 1.31. The Kier molecular flexibility index (Phi) is 2.76. The smallest absolute Gasteiger partial charge is 0.314 e. The SMILES string of the molecule is O=c1[nH]c2cc(Cl)c(Br)c([N+](=O)[O-])c2[nH]c1=O. The molecule has 9 heteroatoms. The van der Waals surface area contributed by atoms with E-state index >= 15 is 0 Å². The van der Waals surface area contributed by atoms with Gasteiger partial charge in [0.25, 0.3) is 0 Å². The fraction of sp³-hybridized carbons (Fsp3) is 0. The van der Waals surface area contributed by atoms with Crippen LogP contribution in [0.25, 0.3) is 11.0 Å². The van der Waals surface area contributed by atoms with E-state index in [1.165, 1.54) is 6.07 Å². The van der Waals surface area contributed by atoms with Gasteiger partial charge in [-0.05, 0) is 22.0 Å². The number of nitrogens with zero attached hydrogens (tertiary/aromatic N) is 1. The van der Waals surface area contributed by atoms with Crippen molar-refractivity contribution in [3.63, 3.8) is 0 Å². The van der Waals surface area contributed by atoms with Gasteiger partial charge in [0, 0.05) is 0 Å². The van der Waals surface area contributed by atoms with Crippen molar-refractivity contribution in [2.45, 2.75) is 0 Å². The second kappa shape index (κ2) is 3.97. The summed E-state index contributed by atoms with van der Waals surface area (Å²) in [7, 11) is 0. The number of hydrogen-bond donors (Lipinski definition) is 2. The maximum atomic E-state index is 11.1. The summed E-state index contributed by atoms with van der Waals surface area (Å²) in [5.41, 5.74) is -2.26. The summed E-state index contributed by atoms with van der Waals surface area (Å²) < 4.78 is 0.0411. The molecule has 0 unspecified atom stereocenters. The third-order valence-corrected chi connectivity index (χ3v) is 3.40. The van der Waals surface area contributed by atoms with Crippen LogP contribution in [0.4, 0.5) is 5.69 Å². The number of rotatable bonds is 1. The van der Waals surface area contributed by atoms with Gasteiger partial charge in [-0.15, -0.1) is 0 Å². The van der Waals surface area contributed by atoms with Crippen LogP contribution in [0, 0.1) is 10.1 Å². The van der Waals surface area contributed by atoms with Crippen LogP contribution < -0.4 is 11.1 Å². The van der Waals surface area contributed by atoms with Gasteiger partial charge < -0.3 is 9.97 Å². The molecule has 2 rings (SSSR count). The van der Waals surface area contributed by atoms with Crippen LogP contribution in [0.2, 0.25) is 5.02 Å². The minimum atomic E-state index is -0.963. The Labute approximate surface area is 106 Å². The normalized spacial score (nSPS) is 10.7. The van der Waals surface area contributed by atoms with Gasteiger partial charge in [-0.1, -0.05) is 11.6 Å². The van der Waals surface area contributed by atoms with E-state index in [0.29, 0.717) is 0 Å². The number of benzene rings is 1. The standard InChI is InChI=1S/C8H3BrClN3O4/c9-4-2(10)1-3-5(6(4)13(16)17)12-8(15)7(14)11-3/h1H,(H,11,14)(H,12,15). The average molecular weight is 320 g/mol.